The largest absolute Gasteiger partial charge is 0.334 e. The van der Waals surface area contributed by atoms with Gasteiger partial charge in [0, 0.05) is 16.6 Å². The summed E-state index contributed by atoms with van der Waals surface area (Å²) in [5, 5.41) is 0.853. The van der Waals surface area contributed by atoms with Gasteiger partial charge in [-0.3, -0.25) is 0 Å². The Morgan fingerprint density at radius 2 is 1.65 bits per heavy atom. The fourth-order valence-corrected chi connectivity index (χ4v) is 4.53. The lowest BCUT2D eigenvalue weighted by Gasteiger charge is -2.24. The molecule has 0 aliphatic heterocycles. The van der Waals surface area contributed by atoms with Gasteiger partial charge in [-0.1, -0.05) is 37.6 Å². The predicted molar refractivity (Wildman–Crippen MR) is 136 cm³/mol. The number of hydrogen-bond acceptors (Lipinski definition) is 2. The normalized spacial score (nSPS) is 12.8. The van der Waals surface area contributed by atoms with Gasteiger partial charge in [0.15, 0.2) is 10.6 Å². The first kappa shape index (κ1) is 24.9. The van der Waals surface area contributed by atoms with Crippen LogP contribution < -0.4 is 0 Å². The van der Waals surface area contributed by atoms with Crippen LogP contribution in [0.3, 0.4) is 0 Å². The molecule has 0 spiro atoms. The Morgan fingerprint density at radius 3 is 2.10 bits per heavy atom. The van der Waals surface area contributed by atoms with Crippen LogP contribution in [0.25, 0.3) is 16.5 Å². The highest BCUT2D eigenvalue weighted by Crippen LogP contribution is 2.41. The Hall–Kier alpha value is -2.33. The summed E-state index contributed by atoms with van der Waals surface area (Å²) in [5.74, 6) is -0.297. The molecule has 0 unspecified atom stereocenters. The van der Waals surface area contributed by atoms with Crippen molar-refractivity contribution >= 4 is 28.7 Å². The second-order valence-electron chi connectivity index (χ2n) is 8.35. The standard InChI is InChI=1S/C27H35FN2S/c1-11-19-20(12-2)24(25(28)26-23(19)18(10)29-27(31)30-26)21(13-3)22(16(8)14(4)5)17(9)15(6)7/h13H,4,11-12H2,1-3,5-10H3,(H,29,30,31)/b21-13+,22-16?. The van der Waals surface area contributed by atoms with E-state index in [0.717, 1.165) is 62.9 Å². The van der Waals surface area contributed by atoms with Crippen molar-refractivity contribution in [2.24, 2.45) is 0 Å². The molecule has 0 fully saturated rings. The quantitative estimate of drug-likeness (QED) is 0.362. The maximum Gasteiger partial charge on any atom is 0.197 e. The number of aryl methyl sites for hydroxylation is 2. The number of hydrogen-bond donors (Lipinski definition) is 1. The van der Waals surface area contributed by atoms with Crippen LogP contribution in [0.2, 0.25) is 0 Å². The van der Waals surface area contributed by atoms with E-state index in [0.29, 0.717) is 15.9 Å². The lowest BCUT2D eigenvalue weighted by Crippen LogP contribution is -2.09. The van der Waals surface area contributed by atoms with Crippen LogP contribution in [0.5, 0.6) is 0 Å². The zero-order chi connectivity index (χ0) is 23.6. The number of nitrogens with zero attached hydrogens (tertiary/aromatic N) is 1. The zero-order valence-corrected chi connectivity index (χ0v) is 21.2. The molecule has 0 saturated heterocycles. The van der Waals surface area contributed by atoms with Gasteiger partial charge in [0.25, 0.3) is 0 Å². The number of allylic oxidation sites excluding steroid dienone is 7. The second-order valence-corrected chi connectivity index (χ2v) is 8.74. The number of H-pyrrole nitrogens is 1. The third-order valence-electron chi connectivity index (χ3n) is 6.19. The minimum atomic E-state index is -0.297. The van der Waals surface area contributed by atoms with Crippen LogP contribution in [0.4, 0.5) is 4.39 Å². The summed E-state index contributed by atoms with van der Waals surface area (Å²) in [6, 6.07) is 0. The van der Waals surface area contributed by atoms with Gasteiger partial charge >= 0.3 is 0 Å². The highest BCUT2D eigenvalue weighted by atomic mass is 32.1. The van der Waals surface area contributed by atoms with Crippen molar-refractivity contribution in [1.29, 1.82) is 0 Å². The molecule has 0 saturated carbocycles. The summed E-state index contributed by atoms with van der Waals surface area (Å²) in [6.45, 7) is 22.6. The van der Waals surface area contributed by atoms with Crippen molar-refractivity contribution in [3.63, 3.8) is 0 Å². The fourth-order valence-electron chi connectivity index (χ4n) is 4.29. The highest BCUT2D eigenvalue weighted by Gasteiger charge is 2.25. The molecule has 2 aromatic rings. The number of fused-ring (bicyclic) bond motifs is 1. The lowest BCUT2D eigenvalue weighted by atomic mass is 9.81. The third-order valence-corrected chi connectivity index (χ3v) is 6.38. The van der Waals surface area contributed by atoms with Crippen molar-refractivity contribution < 1.29 is 4.39 Å². The number of nitrogens with one attached hydrogen (secondary N) is 1. The fraction of sp³-hybridized carbons (Fsp3) is 0.407. The molecule has 1 aromatic heterocycles. The van der Waals surface area contributed by atoms with Crippen LogP contribution in [-0.4, -0.2) is 9.97 Å². The predicted octanol–water partition coefficient (Wildman–Crippen LogP) is 8.52. The molecule has 31 heavy (non-hydrogen) atoms. The van der Waals surface area contributed by atoms with Gasteiger partial charge in [-0.25, -0.2) is 9.37 Å². The molecule has 166 valence electrons. The van der Waals surface area contributed by atoms with E-state index >= 15 is 4.39 Å². The molecule has 0 bridgehead atoms. The van der Waals surface area contributed by atoms with Gasteiger partial charge in [-0.05, 0) is 107 Å². The maximum atomic E-state index is 16.3. The van der Waals surface area contributed by atoms with E-state index in [2.05, 4.69) is 58.1 Å². The van der Waals surface area contributed by atoms with Crippen molar-refractivity contribution in [2.45, 2.75) is 75.2 Å². The molecule has 2 rings (SSSR count). The third kappa shape index (κ3) is 4.50. The Bertz CT molecular complexity index is 1200. The summed E-state index contributed by atoms with van der Waals surface area (Å²) in [6.07, 6.45) is 3.54. The van der Waals surface area contributed by atoms with Gasteiger partial charge in [-0.15, -0.1) is 0 Å². The maximum absolute atomic E-state index is 16.3. The minimum absolute atomic E-state index is 0.297. The lowest BCUT2D eigenvalue weighted by molar-refractivity contribution is 0.629. The molecule has 1 aromatic carbocycles. The van der Waals surface area contributed by atoms with E-state index in [9.17, 15) is 0 Å². The van der Waals surface area contributed by atoms with Gasteiger partial charge in [-0.2, -0.15) is 0 Å². The van der Waals surface area contributed by atoms with Crippen LogP contribution >= 0.6 is 12.2 Å². The summed E-state index contributed by atoms with van der Waals surface area (Å²) < 4.78 is 16.6. The summed E-state index contributed by atoms with van der Waals surface area (Å²) in [4.78, 5) is 7.54. The molecule has 1 N–H and O–H groups in total. The molecule has 2 nitrogen and oxygen atoms in total. The summed E-state index contributed by atoms with van der Waals surface area (Å²) in [5.41, 5.74) is 10.3. The molecule has 0 amide bonds. The summed E-state index contributed by atoms with van der Waals surface area (Å²) >= 11 is 5.29. The highest BCUT2D eigenvalue weighted by molar-refractivity contribution is 7.71. The Kier molecular flexibility index (Phi) is 7.93. The zero-order valence-electron chi connectivity index (χ0n) is 20.4. The Balaban J connectivity index is 3.18. The Morgan fingerprint density at radius 1 is 1.06 bits per heavy atom. The van der Waals surface area contributed by atoms with Crippen molar-refractivity contribution in [2.75, 3.05) is 0 Å². The number of rotatable bonds is 6. The van der Waals surface area contributed by atoms with Crippen LogP contribution in [-0.2, 0) is 12.8 Å². The van der Waals surface area contributed by atoms with E-state index < -0.39 is 0 Å². The number of aromatic amines is 1. The van der Waals surface area contributed by atoms with Crippen LogP contribution in [0.1, 0.15) is 77.8 Å². The molecule has 0 atom stereocenters. The van der Waals surface area contributed by atoms with Gasteiger partial charge in [0.05, 0.1) is 0 Å². The van der Waals surface area contributed by atoms with Gasteiger partial charge in [0.1, 0.15) is 5.52 Å². The van der Waals surface area contributed by atoms with Gasteiger partial charge < -0.3 is 4.98 Å². The molecular formula is C27H35FN2S. The van der Waals surface area contributed by atoms with E-state index in [-0.39, 0.29) is 5.82 Å². The second kappa shape index (κ2) is 9.86. The van der Waals surface area contributed by atoms with Crippen molar-refractivity contribution in [3.8, 4) is 0 Å². The van der Waals surface area contributed by atoms with E-state index in [4.69, 9.17) is 12.2 Å². The smallest absolute Gasteiger partial charge is 0.197 e. The first-order valence-corrected chi connectivity index (χ1v) is 11.3. The van der Waals surface area contributed by atoms with Crippen molar-refractivity contribution in [1.82, 2.24) is 9.97 Å². The monoisotopic (exact) mass is 438 g/mol. The average molecular weight is 439 g/mol. The van der Waals surface area contributed by atoms with Gasteiger partial charge in [0.2, 0.25) is 0 Å². The van der Waals surface area contributed by atoms with E-state index in [1.54, 1.807) is 0 Å². The van der Waals surface area contributed by atoms with Crippen LogP contribution in [0, 0.1) is 17.5 Å². The van der Waals surface area contributed by atoms with E-state index in [1.807, 2.05) is 26.8 Å². The minimum Gasteiger partial charge on any atom is -0.334 e. The van der Waals surface area contributed by atoms with E-state index in [1.165, 1.54) is 5.57 Å². The molecular weight excluding hydrogens is 403 g/mol. The average Bonchev–Trinajstić information content (AvgIpc) is 2.71. The number of benzene rings is 1. The summed E-state index contributed by atoms with van der Waals surface area (Å²) in [7, 11) is 0. The molecule has 0 aliphatic carbocycles. The SMILES string of the molecule is C=C(C)C(C)=C(C(C)=C(C)C)/C(=C\C)c1c(CC)c(CC)c2c(C)[nH]c(=S)nc2c1F. The molecule has 4 heteroatoms. The Labute approximate surface area is 191 Å². The van der Waals surface area contributed by atoms with Crippen molar-refractivity contribution in [3.05, 3.63) is 73.5 Å². The number of aromatic nitrogens is 2. The molecule has 1 heterocycles. The topological polar surface area (TPSA) is 28.7 Å². The first-order chi connectivity index (χ1) is 14.5. The van der Waals surface area contributed by atoms with Crippen LogP contribution in [0.15, 0.2) is 40.5 Å². The number of halogens is 1. The molecule has 0 aliphatic rings. The first-order valence-electron chi connectivity index (χ1n) is 10.9. The molecule has 0 radical (unpaired) electrons.